The SMILES string of the molecule is O=C(O)[C@H](O)[C@@H](OC1Cc2c(ccc(Cl)c2NCc2ccc(SC3CCCC3)cc2)CCN1)C(=O)O. The van der Waals surface area contributed by atoms with Gasteiger partial charge in [0.05, 0.1) is 10.7 Å². The van der Waals surface area contributed by atoms with Gasteiger partial charge in [-0.05, 0) is 54.2 Å². The van der Waals surface area contributed by atoms with Crippen molar-refractivity contribution in [3.63, 3.8) is 0 Å². The first-order valence-electron chi connectivity index (χ1n) is 12.1. The quantitative estimate of drug-likeness (QED) is 0.308. The lowest BCUT2D eigenvalue weighted by atomic mass is 10.00. The van der Waals surface area contributed by atoms with Gasteiger partial charge in [0, 0.05) is 29.7 Å². The van der Waals surface area contributed by atoms with Crippen LogP contribution in [-0.4, -0.2) is 57.5 Å². The van der Waals surface area contributed by atoms with E-state index < -0.39 is 30.4 Å². The summed E-state index contributed by atoms with van der Waals surface area (Å²) < 4.78 is 5.52. The molecule has 0 saturated heterocycles. The van der Waals surface area contributed by atoms with E-state index in [1.165, 1.54) is 30.6 Å². The smallest absolute Gasteiger partial charge is 0.336 e. The third kappa shape index (κ3) is 6.72. The van der Waals surface area contributed by atoms with Crippen LogP contribution in [0.1, 0.15) is 42.4 Å². The Morgan fingerprint density at radius 3 is 2.50 bits per heavy atom. The standard InChI is InChI=1S/C26H31ClN2O6S/c27-20-10-7-16-11-12-28-21(35-24(26(33)34)23(30)25(31)32)13-19(16)22(20)29-14-15-5-8-18(9-6-15)36-17-3-1-2-4-17/h5-10,17,21,23-24,28-30H,1-4,11-14H2,(H,31,32)(H,33,34)/t21?,23-,24-/m1/s1. The number of aliphatic carboxylic acids is 2. The molecule has 2 aromatic rings. The number of fused-ring (bicyclic) bond motifs is 1. The Hall–Kier alpha value is -2.30. The third-order valence-electron chi connectivity index (χ3n) is 6.61. The molecule has 194 valence electrons. The lowest BCUT2D eigenvalue weighted by Gasteiger charge is -2.24. The molecule has 0 spiro atoms. The molecular formula is C26H31ClN2O6S. The first-order chi connectivity index (χ1) is 17.3. The second-order valence-electron chi connectivity index (χ2n) is 9.16. The fraction of sp³-hybridized carbons (Fsp3) is 0.462. The van der Waals surface area contributed by atoms with Crippen LogP contribution in [0, 0.1) is 0 Å². The summed E-state index contributed by atoms with van der Waals surface area (Å²) in [5, 5.41) is 36.0. The highest BCUT2D eigenvalue weighted by Crippen LogP contribution is 2.35. The summed E-state index contributed by atoms with van der Waals surface area (Å²) in [4.78, 5) is 24.0. The fourth-order valence-corrected chi connectivity index (χ4v) is 6.18. The van der Waals surface area contributed by atoms with Gasteiger partial charge in [0.1, 0.15) is 6.23 Å². The molecule has 10 heteroatoms. The number of anilines is 1. The van der Waals surface area contributed by atoms with Crippen LogP contribution in [0.3, 0.4) is 0 Å². The highest BCUT2D eigenvalue weighted by atomic mass is 35.5. The molecule has 4 rings (SSSR count). The van der Waals surface area contributed by atoms with Gasteiger partial charge in [0.2, 0.25) is 0 Å². The Morgan fingerprint density at radius 1 is 1.11 bits per heavy atom. The van der Waals surface area contributed by atoms with E-state index in [1.54, 1.807) is 0 Å². The average Bonchev–Trinajstić information content (AvgIpc) is 3.27. The number of hydrogen-bond acceptors (Lipinski definition) is 7. The molecule has 3 atom stereocenters. The minimum atomic E-state index is -2.18. The Kier molecular flexibility index (Phi) is 9.14. The summed E-state index contributed by atoms with van der Waals surface area (Å²) in [7, 11) is 0. The highest BCUT2D eigenvalue weighted by molar-refractivity contribution is 8.00. The Labute approximate surface area is 219 Å². The van der Waals surface area contributed by atoms with Gasteiger partial charge in [-0.1, -0.05) is 42.6 Å². The van der Waals surface area contributed by atoms with Gasteiger partial charge in [-0.3, -0.25) is 5.32 Å². The molecule has 0 aromatic heterocycles. The van der Waals surface area contributed by atoms with Crippen molar-refractivity contribution in [3.05, 3.63) is 58.1 Å². The minimum Gasteiger partial charge on any atom is -0.479 e. The average molecular weight is 535 g/mol. The lowest BCUT2D eigenvalue weighted by Crippen LogP contribution is -2.47. The van der Waals surface area contributed by atoms with Crippen LogP contribution in [-0.2, 0) is 33.7 Å². The molecule has 8 nitrogen and oxygen atoms in total. The van der Waals surface area contributed by atoms with Gasteiger partial charge in [-0.2, -0.15) is 0 Å². The molecule has 0 radical (unpaired) electrons. The second-order valence-corrected chi connectivity index (χ2v) is 10.9. The lowest BCUT2D eigenvalue weighted by molar-refractivity contribution is -0.177. The maximum atomic E-state index is 11.5. The van der Waals surface area contributed by atoms with E-state index in [0.29, 0.717) is 29.8 Å². The first kappa shape index (κ1) is 26.8. The van der Waals surface area contributed by atoms with Gasteiger partial charge in [-0.25, -0.2) is 9.59 Å². The zero-order chi connectivity index (χ0) is 25.7. The van der Waals surface area contributed by atoms with Crippen LogP contribution in [0.4, 0.5) is 5.69 Å². The van der Waals surface area contributed by atoms with E-state index in [2.05, 4.69) is 34.9 Å². The van der Waals surface area contributed by atoms with E-state index in [1.807, 2.05) is 23.9 Å². The van der Waals surface area contributed by atoms with Crippen molar-refractivity contribution in [2.24, 2.45) is 0 Å². The van der Waals surface area contributed by atoms with Crippen molar-refractivity contribution >= 4 is 41.0 Å². The monoisotopic (exact) mass is 534 g/mol. The Morgan fingerprint density at radius 2 is 1.83 bits per heavy atom. The summed E-state index contributed by atoms with van der Waals surface area (Å²) in [6.07, 6.45) is 1.23. The van der Waals surface area contributed by atoms with Crippen molar-refractivity contribution in [2.45, 2.75) is 73.7 Å². The van der Waals surface area contributed by atoms with Crippen molar-refractivity contribution in [1.29, 1.82) is 0 Å². The zero-order valence-corrected chi connectivity index (χ0v) is 21.4. The second kappa shape index (κ2) is 12.3. The summed E-state index contributed by atoms with van der Waals surface area (Å²) in [6, 6.07) is 12.3. The number of carbonyl (C=O) groups is 2. The number of carboxylic acids is 2. The topological polar surface area (TPSA) is 128 Å². The normalized spacial score (nSPS) is 19.8. The van der Waals surface area contributed by atoms with E-state index in [0.717, 1.165) is 22.4 Å². The number of thioether (sulfide) groups is 1. The molecule has 2 aromatic carbocycles. The summed E-state index contributed by atoms with van der Waals surface area (Å²) in [5.74, 6) is -3.20. The molecule has 1 fully saturated rings. The predicted octanol–water partition coefficient (Wildman–Crippen LogP) is 3.92. The Bertz CT molecular complexity index is 1080. The number of aliphatic hydroxyl groups excluding tert-OH is 1. The Balaban J connectivity index is 1.46. The number of benzene rings is 2. The van der Waals surface area contributed by atoms with Gasteiger partial charge < -0.3 is 25.4 Å². The number of halogens is 1. The van der Waals surface area contributed by atoms with Gasteiger partial charge in [-0.15, -0.1) is 11.8 Å². The van der Waals surface area contributed by atoms with Gasteiger partial charge in [0.25, 0.3) is 0 Å². The van der Waals surface area contributed by atoms with Gasteiger partial charge >= 0.3 is 11.9 Å². The van der Waals surface area contributed by atoms with Crippen LogP contribution in [0.5, 0.6) is 0 Å². The van der Waals surface area contributed by atoms with E-state index in [4.69, 9.17) is 21.4 Å². The van der Waals surface area contributed by atoms with Crippen LogP contribution >= 0.6 is 23.4 Å². The largest absolute Gasteiger partial charge is 0.479 e. The molecule has 0 bridgehead atoms. The number of rotatable bonds is 10. The zero-order valence-electron chi connectivity index (χ0n) is 19.8. The summed E-state index contributed by atoms with van der Waals surface area (Å²) in [6.45, 7) is 1.05. The molecule has 5 N–H and O–H groups in total. The van der Waals surface area contributed by atoms with Crippen LogP contribution in [0.15, 0.2) is 41.3 Å². The van der Waals surface area contributed by atoms with Crippen molar-refractivity contribution in [3.8, 4) is 0 Å². The third-order valence-corrected chi connectivity index (χ3v) is 8.27. The number of carboxylic acid groups (broad SMARTS) is 2. The first-order valence-corrected chi connectivity index (χ1v) is 13.4. The van der Waals surface area contributed by atoms with Crippen LogP contribution < -0.4 is 10.6 Å². The highest BCUT2D eigenvalue weighted by Gasteiger charge is 2.36. The van der Waals surface area contributed by atoms with Crippen molar-refractivity contribution in [2.75, 3.05) is 11.9 Å². The van der Waals surface area contributed by atoms with Crippen LogP contribution in [0.2, 0.25) is 5.02 Å². The molecule has 1 aliphatic carbocycles. The molecule has 36 heavy (non-hydrogen) atoms. The maximum absolute atomic E-state index is 11.5. The molecule has 2 aliphatic rings. The number of aliphatic hydroxyl groups is 1. The number of hydrogen-bond donors (Lipinski definition) is 5. The molecule has 1 heterocycles. The van der Waals surface area contributed by atoms with Crippen molar-refractivity contribution in [1.82, 2.24) is 5.32 Å². The van der Waals surface area contributed by atoms with Crippen molar-refractivity contribution < 1.29 is 29.6 Å². The molecular weight excluding hydrogens is 504 g/mol. The number of nitrogens with one attached hydrogen (secondary N) is 2. The van der Waals surface area contributed by atoms with E-state index in [-0.39, 0.29) is 6.42 Å². The summed E-state index contributed by atoms with van der Waals surface area (Å²) >= 11 is 8.51. The predicted molar refractivity (Wildman–Crippen MR) is 139 cm³/mol. The molecule has 1 unspecified atom stereocenters. The van der Waals surface area contributed by atoms with E-state index in [9.17, 15) is 19.8 Å². The molecule has 1 saturated carbocycles. The minimum absolute atomic E-state index is 0.255. The van der Waals surface area contributed by atoms with E-state index >= 15 is 0 Å². The summed E-state index contributed by atoms with van der Waals surface area (Å²) in [5.41, 5.74) is 3.75. The maximum Gasteiger partial charge on any atom is 0.336 e. The molecule has 1 aliphatic heterocycles. The number of ether oxygens (including phenoxy) is 1. The van der Waals surface area contributed by atoms with Crippen LogP contribution in [0.25, 0.3) is 0 Å². The van der Waals surface area contributed by atoms with Gasteiger partial charge in [0.15, 0.2) is 12.2 Å². The fourth-order valence-electron chi connectivity index (χ4n) is 4.69. The molecule has 0 amide bonds.